The molecule has 0 spiro atoms. The molecule has 11 nitrogen and oxygen atoms in total. The second-order valence-electron chi connectivity index (χ2n) is 8.57. The number of carbonyl (C=O) groups is 1. The number of pyridine rings is 1. The second-order valence-corrected chi connectivity index (χ2v) is 8.57. The highest BCUT2D eigenvalue weighted by Gasteiger charge is 2.20. The summed E-state index contributed by atoms with van der Waals surface area (Å²) in [6, 6.07) is 6.83. The third-order valence-corrected chi connectivity index (χ3v) is 4.92. The maximum Gasteiger partial charge on any atom is 0.294 e. The van der Waals surface area contributed by atoms with Crippen LogP contribution >= 0.6 is 0 Å². The number of aromatic nitrogens is 1. The van der Waals surface area contributed by atoms with Crippen molar-refractivity contribution in [3.05, 3.63) is 50.3 Å². The minimum absolute atomic E-state index is 0.0242. The van der Waals surface area contributed by atoms with Crippen LogP contribution in [0.4, 0.5) is 0 Å². The largest absolute Gasteiger partial charge is 0.490 e. The number of hydrogen-bond acceptors (Lipinski definition) is 8. The van der Waals surface area contributed by atoms with E-state index < -0.39 is 16.7 Å². The van der Waals surface area contributed by atoms with E-state index in [4.69, 9.17) is 4.74 Å². The molecule has 2 aromatic rings. The van der Waals surface area contributed by atoms with Gasteiger partial charge in [-0.1, -0.05) is 0 Å². The lowest BCUT2D eigenvalue weighted by Gasteiger charge is -2.28. The van der Waals surface area contributed by atoms with Crippen LogP contribution in [-0.2, 0) is 9.63 Å². The minimum atomic E-state index is -0.848. The van der Waals surface area contributed by atoms with E-state index in [0.717, 1.165) is 10.9 Å². The molecule has 11 heteroatoms. The van der Waals surface area contributed by atoms with E-state index >= 15 is 0 Å². The molecule has 0 radical (unpaired) electrons. The summed E-state index contributed by atoms with van der Waals surface area (Å²) in [5.41, 5.74) is 0.934. The topological polar surface area (TPSA) is 156 Å². The average molecular weight is 465 g/mol. The number of amides is 1. The third kappa shape index (κ3) is 9.46. The fraction of sp³-hybridized carbons (Fsp3) is 0.545. The van der Waals surface area contributed by atoms with Crippen LogP contribution in [-0.4, -0.2) is 59.0 Å². The molecule has 0 aliphatic rings. The van der Waals surface area contributed by atoms with Gasteiger partial charge in [-0.05, 0) is 57.4 Å². The Bertz CT molecular complexity index is 1010. The molecule has 0 aliphatic heterocycles. The van der Waals surface area contributed by atoms with Crippen LogP contribution < -0.4 is 20.9 Å². The van der Waals surface area contributed by atoms with E-state index in [1.807, 2.05) is 32.9 Å². The summed E-state index contributed by atoms with van der Waals surface area (Å²) < 4.78 is 5.81. The van der Waals surface area contributed by atoms with E-state index in [0.29, 0.717) is 30.7 Å². The molecular formula is C22H32N4O7. The molecule has 4 N–H and O–H groups in total. The maximum absolute atomic E-state index is 11.9. The van der Waals surface area contributed by atoms with Gasteiger partial charge in [0.25, 0.3) is 5.09 Å². The third-order valence-electron chi connectivity index (χ3n) is 4.92. The van der Waals surface area contributed by atoms with Gasteiger partial charge in [0.15, 0.2) is 0 Å². The Kier molecular flexibility index (Phi) is 9.61. The highest BCUT2D eigenvalue weighted by atomic mass is 16.9. The molecule has 0 saturated heterocycles. The zero-order valence-electron chi connectivity index (χ0n) is 19.2. The minimum Gasteiger partial charge on any atom is -0.490 e. The number of carbonyl (C=O) groups excluding carboxylic acids is 1. The Morgan fingerprint density at radius 3 is 2.79 bits per heavy atom. The standard InChI is InChI=1S/C22H32N4O7/c1-15-10-18-17(7-8-21(29)25-18)19(11-15)32-13-16(27)12-24-22(2,3)14-23-20(28)6-4-5-9-33-26(30)31/h7-8,10-11,16,24,27H,4-6,9,12-14H2,1-3H3,(H,23,28)(H,25,29). The molecule has 33 heavy (non-hydrogen) atoms. The SMILES string of the molecule is Cc1cc(OCC(O)CNC(C)(C)CNC(=O)CCCCO[N+](=O)[O-])c2ccc(=O)[nH]c2c1. The van der Waals surface area contributed by atoms with Crippen molar-refractivity contribution in [3.63, 3.8) is 0 Å². The zero-order chi connectivity index (χ0) is 24.4. The number of aliphatic hydroxyl groups excluding tert-OH is 1. The predicted octanol–water partition coefficient (Wildman–Crippen LogP) is 1.44. The number of nitrogens with zero attached hydrogens (tertiary/aromatic N) is 1. The van der Waals surface area contributed by atoms with Crippen molar-refractivity contribution in [3.8, 4) is 5.75 Å². The number of nitrogens with one attached hydrogen (secondary N) is 3. The molecule has 0 aliphatic carbocycles. The molecule has 2 rings (SSSR count). The van der Waals surface area contributed by atoms with Gasteiger partial charge < -0.3 is 30.3 Å². The molecular weight excluding hydrogens is 432 g/mol. The highest BCUT2D eigenvalue weighted by molar-refractivity contribution is 5.85. The first-order valence-corrected chi connectivity index (χ1v) is 10.8. The van der Waals surface area contributed by atoms with Gasteiger partial charge in [0.05, 0.1) is 12.1 Å². The van der Waals surface area contributed by atoms with Gasteiger partial charge in [-0.25, -0.2) is 0 Å². The van der Waals surface area contributed by atoms with Crippen molar-refractivity contribution >= 4 is 16.8 Å². The number of rotatable bonds is 14. The molecule has 1 unspecified atom stereocenters. The molecule has 1 aromatic carbocycles. The van der Waals surface area contributed by atoms with Crippen molar-refractivity contribution in [2.24, 2.45) is 0 Å². The van der Waals surface area contributed by atoms with E-state index in [1.165, 1.54) is 6.07 Å². The summed E-state index contributed by atoms with van der Waals surface area (Å²) in [5.74, 6) is 0.426. The van der Waals surface area contributed by atoms with Crippen molar-refractivity contribution in [2.45, 2.75) is 51.7 Å². The Hall–Kier alpha value is -3.18. The molecule has 182 valence electrons. The normalized spacial score (nSPS) is 12.4. The monoisotopic (exact) mass is 464 g/mol. The van der Waals surface area contributed by atoms with Crippen LogP contribution in [0.1, 0.15) is 38.7 Å². The van der Waals surface area contributed by atoms with Crippen molar-refractivity contribution < 1.29 is 24.6 Å². The number of H-pyrrole nitrogens is 1. The van der Waals surface area contributed by atoms with Crippen LogP contribution in [0.25, 0.3) is 10.9 Å². The van der Waals surface area contributed by atoms with Crippen molar-refractivity contribution in [1.82, 2.24) is 15.6 Å². The van der Waals surface area contributed by atoms with E-state index in [1.54, 1.807) is 6.07 Å². The number of aliphatic hydroxyl groups is 1. The van der Waals surface area contributed by atoms with Gasteiger partial charge in [-0.2, -0.15) is 0 Å². The first-order valence-electron chi connectivity index (χ1n) is 10.8. The molecule has 1 aromatic heterocycles. The van der Waals surface area contributed by atoms with E-state index in [9.17, 15) is 24.8 Å². The summed E-state index contributed by atoms with van der Waals surface area (Å²) in [5, 5.41) is 26.4. The lowest BCUT2D eigenvalue weighted by molar-refractivity contribution is -0.757. The van der Waals surface area contributed by atoms with Crippen LogP contribution in [0, 0.1) is 17.0 Å². The quantitative estimate of drug-likeness (QED) is 0.186. The number of β-amino-alcohol motifs (C(OH)–C–C–N with tert-alkyl or cyclic N) is 1. The number of fused-ring (bicyclic) bond motifs is 1. The second kappa shape index (κ2) is 12.2. The number of hydrogen-bond donors (Lipinski definition) is 4. The average Bonchev–Trinajstić information content (AvgIpc) is 2.74. The number of aryl methyl sites for hydroxylation is 1. The smallest absolute Gasteiger partial charge is 0.294 e. The number of ether oxygens (including phenoxy) is 1. The van der Waals surface area contributed by atoms with Crippen molar-refractivity contribution in [1.29, 1.82) is 0 Å². The van der Waals surface area contributed by atoms with Gasteiger partial charge in [0, 0.05) is 36.5 Å². The van der Waals surface area contributed by atoms with Gasteiger partial charge in [-0.3, -0.25) is 9.59 Å². The first-order chi connectivity index (χ1) is 15.6. The Balaban J connectivity index is 1.73. The van der Waals surface area contributed by atoms with Gasteiger partial charge in [0.1, 0.15) is 18.5 Å². The zero-order valence-corrected chi connectivity index (χ0v) is 19.2. The van der Waals surface area contributed by atoms with E-state index in [2.05, 4.69) is 20.5 Å². The lowest BCUT2D eigenvalue weighted by Crippen LogP contribution is -2.51. The molecule has 1 amide bonds. The summed E-state index contributed by atoms with van der Waals surface area (Å²) in [6.07, 6.45) is 0.378. The Morgan fingerprint density at radius 2 is 2.06 bits per heavy atom. The molecule has 0 fully saturated rings. The first kappa shape index (κ1) is 26.1. The summed E-state index contributed by atoms with van der Waals surface area (Å²) in [7, 11) is 0. The lowest BCUT2D eigenvalue weighted by atomic mass is 10.1. The Morgan fingerprint density at radius 1 is 1.30 bits per heavy atom. The fourth-order valence-electron chi connectivity index (χ4n) is 3.13. The van der Waals surface area contributed by atoms with Gasteiger partial charge >= 0.3 is 0 Å². The van der Waals surface area contributed by atoms with E-state index in [-0.39, 0.29) is 37.6 Å². The molecule has 1 atom stereocenters. The van der Waals surface area contributed by atoms with Crippen LogP contribution in [0.3, 0.4) is 0 Å². The van der Waals surface area contributed by atoms with Gasteiger partial charge in [0.2, 0.25) is 11.5 Å². The summed E-state index contributed by atoms with van der Waals surface area (Å²) in [4.78, 5) is 40.5. The predicted molar refractivity (Wildman–Crippen MR) is 123 cm³/mol. The van der Waals surface area contributed by atoms with Crippen LogP contribution in [0.2, 0.25) is 0 Å². The fourth-order valence-corrected chi connectivity index (χ4v) is 3.13. The Labute approximate surface area is 191 Å². The summed E-state index contributed by atoms with van der Waals surface area (Å²) in [6.45, 7) is 6.32. The number of aromatic amines is 1. The summed E-state index contributed by atoms with van der Waals surface area (Å²) >= 11 is 0. The van der Waals surface area contributed by atoms with Crippen LogP contribution in [0.5, 0.6) is 5.75 Å². The maximum atomic E-state index is 11.9. The van der Waals surface area contributed by atoms with Crippen molar-refractivity contribution in [2.75, 3.05) is 26.3 Å². The molecule has 0 bridgehead atoms. The van der Waals surface area contributed by atoms with Gasteiger partial charge in [-0.15, -0.1) is 10.1 Å². The molecule has 1 heterocycles. The van der Waals surface area contributed by atoms with Crippen LogP contribution in [0.15, 0.2) is 29.1 Å². The highest BCUT2D eigenvalue weighted by Crippen LogP contribution is 2.25. The number of benzene rings is 1. The number of unbranched alkanes of at least 4 members (excludes halogenated alkanes) is 1. The molecule has 0 saturated carbocycles.